The van der Waals surface area contributed by atoms with Gasteiger partial charge in [0.25, 0.3) is 5.91 Å². The summed E-state index contributed by atoms with van der Waals surface area (Å²) >= 11 is 8.07. The molecule has 0 radical (unpaired) electrons. The van der Waals surface area contributed by atoms with Gasteiger partial charge in [-0.05, 0) is 13.0 Å². The average Bonchev–Trinajstić information content (AvgIpc) is 3.34. The highest BCUT2D eigenvalue weighted by atomic mass is 35.5. The number of carbonyl (C=O) groups excluding carboxylic acids is 2. The van der Waals surface area contributed by atoms with Crippen LogP contribution >= 0.6 is 23.4 Å². The van der Waals surface area contributed by atoms with Gasteiger partial charge in [-0.1, -0.05) is 29.8 Å². The molecule has 1 saturated carbocycles. The Bertz CT molecular complexity index is 653. The lowest BCUT2D eigenvalue weighted by atomic mass is 10.2. The average molecular weight is 384 g/mol. The summed E-state index contributed by atoms with van der Waals surface area (Å²) in [7, 11) is 1.40. The molecule has 1 aliphatic carbocycles. The van der Waals surface area contributed by atoms with Gasteiger partial charge in [0.05, 0.1) is 13.2 Å². The smallest absolute Gasteiger partial charge is 0.364 e. The van der Waals surface area contributed by atoms with Crippen LogP contribution in [0.5, 0.6) is 0 Å². The largest absolute Gasteiger partial charge is 0.465 e. The second-order valence-electron chi connectivity index (χ2n) is 6.60. The number of carbonyl (C=O) groups is 2. The number of hydrogen-bond acceptors (Lipinski definition) is 4. The molecule has 25 heavy (non-hydrogen) atoms. The van der Waals surface area contributed by atoms with Crippen molar-refractivity contribution in [2.24, 2.45) is 0 Å². The van der Waals surface area contributed by atoms with E-state index < -0.39 is 0 Å². The first kappa shape index (κ1) is 18.5. The molecule has 3 rings (SSSR count). The van der Waals surface area contributed by atoms with Gasteiger partial charge >= 0.3 is 5.97 Å². The maximum Gasteiger partial charge on any atom is 0.364 e. The molecule has 2 fully saturated rings. The highest BCUT2D eigenvalue weighted by Crippen LogP contribution is 2.40. The molecule has 0 bridgehead atoms. The zero-order chi connectivity index (χ0) is 18.0. The van der Waals surface area contributed by atoms with E-state index >= 15 is 0 Å². The predicted octanol–water partition coefficient (Wildman–Crippen LogP) is 1.52. The van der Waals surface area contributed by atoms with Crippen LogP contribution in [0.3, 0.4) is 0 Å². The number of halogens is 1. The van der Waals surface area contributed by atoms with Gasteiger partial charge in [-0.15, -0.1) is 11.8 Å². The molecular weight excluding hydrogens is 360 g/mol. The fourth-order valence-corrected chi connectivity index (χ4v) is 4.99. The molecule has 1 aliphatic heterocycles. The Balaban J connectivity index is 1.73. The summed E-state index contributed by atoms with van der Waals surface area (Å²) in [5, 5.41) is 0.643. The highest BCUT2D eigenvalue weighted by Gasteiger charge is 2.43. The van der Waals surface area contributed by atoms with E-state index in [1.165, 1.54) is 7.11 Å². The third-order valence-corrected chi connectivity index (χ3v) is 6.54. The molecule has 1 aromatic carbocycles. The third kappa shape index (κ3) is 4.13. The number of nitrogens with zero attached hydrogens (tertiary/aromatic N) is 1. The van der Waals surface area contributed by atoms with Crippen LogP contribution in [0.2, 0.25) is 5.02 Å². The van der Waals surface area contributed by atoms with Crippen LogP contribution in [-0.4, -0.2) is 54.8 Å². The van der Waals surface area contributed by atoms with E-state index in [1.54, 1.807) is 11.8 Å². The van der Waals surface area contributed by atoms with Crippen LogP contribution < -0.4 is 4.90 Å². The second-order valence-corrected chi connectivity index (χ2v) is 8.20. The molecular formula is C18H24ClN2O3S+. The van der Waals surface area contributed by atoms with Crippen LogP contribution in [0.1, 0.15) is 30.7 Å². The molecule has 1 aromatic rings. The van der Waals surface area contributed by atoms with E-state index in [0.29, 0.717) is 24.2 Å². The lowest BCUT2D eigenvalue weighted by Crippen LogP contribution is -3.18. The Morgan fingerprint density at radius 2 is 2.12 bits per heavy atom. The lowest BCUT2D eigenvalue weighted by Gasteiger charge is -2.29. The molecule has 136 valence electrons. The quantitative estimate of drug-likeness (QED) is 0.757. The standard InChI is InChI=1S/C18H23ClN2O3S/c1-12(18(23)24-2)21(13-7-8-13)11-16(22)20-9-10-25-17(20)14-5-3-4-6-15(14)19/h3-6,12-13,17H,7-11H2,1-2H3/p+1/t12-,17+/m0/s1. The van der Waals surface area contributed by atoms with Gasteiger partial charge in [-0.25, -0.2) is 4.79 Å². The first-order chi connectivity index (χ1) is 12.0. The number of ether oxygens (including phenoxy) is 1. The molecule has 2 aliphatic rings. The van der Waals surface area contributed by atoms with Gasteiger partial charge in [-0.3, -0.25) is 4.79 Å². The zero-order valence-electron chi connectivity index (χ0n) is 14.5. The fourth-order valence-electron chi connectivity index (χ4n) is 3.37. The van der Waals surface area contributed by atoms with Gasteiger partial charge in [-0.2, -0.15) is 0 Å². The van der Waals surface area contributed by atoms with Crippen molar-refractivity contribution in [2.45, 2.75) is 37.2 Å². The van der Waals surface area contributed by atoms with E-state index in [2.05, 4.69) is 0 Å². The summed E-state index contributed by atoms with van der Waals surface area (Å²) in [5.41, 5.74) is 0.981. The van der Waals surface area contributed by atoms with E-state index in [1.807, 2.05) is 36.1 Å². The Hall–Kier alpha value is -1.24. The van der Waals surface area contributed by atoms with Crippen LogP contribution in [0.15, 0.2) is 24.3 Å². The summed E-state index contributed by atoms with van der Waals surface area (Å²) < 4.78 is 4.88. The minimum Gasteiger partial charge on any atom is -0.465 e. The molecule has 5 nitrogen and oxygen atoms in total. The van der Waals surface area contributed by atoms with Crippen LogP contribution in [0.25, 0.3) is 0 Å². The summed E-state index contributed by atoms with van der Waals surface area (Å²) in [4.78, 5) is 27.8. The molecule has 0 aromatic heterocycles. The van der Waals surface area contributed by atoms with Crippen molar-refractivity contribution in [3.63, 3.8) is 0 Å². The minimum absolute atomic E-state index is 0.0462. The van der Waals surface area contributed by atoms with Gasteiger partial charge in [0.15, 0.2) is 12.6 Å². The molecule has 3 atom stereocenters. The molecule has 7 heteroatoms. The highest BCUT2D eigenvalue weighted by molar-refractivity contribution is 7.99. The Morgan fingerprint density at radius 3 is 2.76 bits per heavy atom. The monoisotopic (exact) mass is 383 g/mol. The maximum absolute atomic E-state index is 13.0. The number of quaternary nitrogens is 1. The molecule has 1 N–H and O–H groups in total. The summed E-state index contributed by atoms with van der Waals surface area (Å²) in [6.45, 7) is 2.88. The number of benzene rings is 1. The van der Waals surface area contributed by atoms with E-state index in [4.69, 9.17) is 16.3 Å². The Kier molecular flexibility index (Phi) is 5.92. The third-order valence-electron chi connectivity index (χ3n) is 4.95. The zero-order valence-corrected chi connectivity index (χ0v) is 16.1. The Labute approximate surface area is 157 Å². The van der Waals surface area contributed by atoms with E-state index in [-0.39, 0.29) is 23.3 Å². The summed E-state index contributed by atoms with van der Waals surface area (Å²) in [5.74, 6) is 0.716. The maximum atomic E-state index is 13.0. The van der Waals surface area contributed by atoms with Gasteiger partial charge in [0.2, 0.25) is 0 Å². The van der Waals surface area contributed by atoms with Gasteiger partial charge in [0, 0.05) is 35.7 Å². The van der Waals surface area contributed by atoms with Crippen molar-refractivity contribution in [3.8, 4) is 0 Å². The number of amides is 1. The van der Waals surface area contributed by atoms with Crippen molar-refractivity contribution >= 4 is 35.2 Å². The van der Waals surface area contributed by atoms with Crippen LogP contribution in [0.4, 0.5) is 0 Å². The van der Waals surface area contributed by atoms with Crippen molar-refractivity contribution in [1.82, 2.24) is 4.90 Å². The van der Waals surface area contributed by atoms with Crippen molar-refractivity contribution in [1.29, 1.82) is 0 Å². The Morgan fingerprint density at radius 1 is 1.40 bits per heavy atom. The topological polar surface area (TPSA) is 51.1 Å². The number of nitrogens with one attached hydrogen (secondary N) is 1. The first-order valence-corrected chi connectivity index (χ1v) is 10.0. The second kappa shape index (κ2) is 7.98. The summed E-state index contributed by atoms with van der Waals surface area (Å²) in [6, 6.07) is 7.74. The van der Waals surface area contributed by atoms with Crippen LogP contribution in [-0.2, 0) is 14.3 Å². The van der Waals surface area contributed by atoms with Crippen molar-refractivity contribution in [2.75, 3.05) is 26.0 Å². The van der Waals surface area contributed by atoms with E-state index in [0.717, 1.165) is 29.1 Å². The van der Waals surface area contributed by atoms with Gasteiger partial charge in [0.1, 0.15) is 5.37 Å². The fraction of sp³-hybridized carbons (Fsp3) is 0.556. The normalized spacial score (nSPS) is 22.5. The van der Waals surface area contributed by atoms with Crippen molar-refractivity contribution in [3.05, 3.63) is 34.9 Å². The van der Waals surface area contributed by atoms with Crippen LogP contribution in [0, 0.1) is 0 Å². The molecule has 1 unspecified atom stereocenters. The molecule has 1 heterocycles. The molecule has 1 saturated heterocycles. The molecule has 0 spiro atoms. The SMILES string of the molecule is COC(=O)[C@H](C)[NH+](CC(=O)N1CCS[C@@H]1c1ccccc1Cl)C1CC1. The first-order valence-electron chi connectivity index (χ1n) is 8.62. The van der Waals surface area contributed by atoms with Crippen molar-refractivity contribution < 1.29 is 19.2 Å². The number of esters is 1. The summed E-state index contributed by atoms with van der Waals surface area (Å²) in [6.07, 6.45) is 2.12. The van der Waals surface area contributed by atoms with E-state index in [9.17, 15) is 9.59 Å². The lowest BCUT2D eigenvalue weighted by molar-refractivity contribution is -0.918. The number of methoxy groups -OCH3 is 1. The predicted molar refractivity (Wildman–Crippen MR) is 98.7 cm³/mol. The molecule has 1 amide bonds. The number of thioether (sulfide) groups is 1. The number of hydrogen-bond donors (Lipinski definition) is 1. The minimum atomic E-state index is -0.324. The number of rotatable bonds is 6. The van der Waals surface area contributed by atoms with Gasteiger partial charge < -0.3 is 14.5 Å².